The van der Waals surface area contributed by atoms with E-state index in [1.165, 1.54) is 0 Å². The van der Waals surface area contributed by atoms with Gasteiger partial charge >= 0.3 is 0 Å². The van der Waals surface area contributed by atoms with Crippen molar-refractivity contribution >= 4 is 45.8 Å². The summed E-state index contributed by atoms with van der Waals surface area (Å²) >= 11 is 14.0. The summed E-state index contributed by atoms with van der Waals surface area (Å²) in [5, 5.41) is 0.968. The van der Waals surface area contributed by atoms with E-state index in [9.17, 15) is 0 Å². The van der Waals surface area contributed by atoms with Crippen LogP contribution in [-0.4, -0.2) is 4.98 Å². The number of benzene rings is 1. The van der Waals surface area contributed by atoms with Gasteiger partial charge in [-0.15, -0.1) is 0 Å². The number of nitrogens with zero attached hydrogens (tertiary/aromatic N) is 1. The van der Waals surface area contributed by atoms with Crippen molar-refractivity contribution in [2.75, 3.05) is 0 Å². The average molecular weight is 380 g/mol. The second-order valence-electron chi connectivity index (χ2n) is 3.31. The highest BCUT2D eigenvalue weighted by molar-refractivity contribution is 14.1. The van der Waals surface area contributed by atoms with Gasteiger partial charge in [-0.3, -0.25) is 0 Å². The van der Waals surface area contributed by atoms with Gasteiger partial charge in [-0.2, -0.15) is 0 Å². The quantitative estimate of drug-likeness (QED) is 0.575. The van der Waals surface area contributed by atoms with Gasteiger partial charge in [0.2, 0.25) is 0 Å². The molecule has 0 bridgehead atoms. The highest BCUT2D eigenvalue weighted by atomic mass is 127. The molecule has 17 heavy (non-hydrogen) atoms. The van der Waals surface area contributed by atoms with Crippen LogP contribution in [0.5, 0.6) is 5.75 Å². The molecule has 88 valence electrons. The zero-order chi connectivity index (χ0) is 12.3. The summed E-state index contributed by atoms with van der Waals surface area (Å²) in [6, 6.07) is 11.1. The van der Waals surface area contributed by atoms with Gasteiger partial charge < -0.3 is 4.74 Å². The molecule has 0 aliphatic rings. The van der Waals surface area contributed by atoms with Crippen LogP contribution in [0.25, 0.3) is 0 Å². The molecule has 1 aromatic heterocycles. The lowest BCUT2D eigenvalue weighted by molar-refractivity contribution is 0.301. The Balaban J connectivity index is 2.07. The summed E-state index contributed by atoms with van der Waals surface area (Å²) in [4.78, 5) is 4.11. The maximum atomic E-state index is 5.99. The standard InChI is InChI=1S/C12H8Cl2INO/c13-10-5-6-12(14)16-11(10)7-17-9-3-1-8(15)2-4-9/h1-6H,7H2. The summed E-state index contributed by atoms with van der Waals surface area (Å²) in [6.45, 7) is 0.306. The Morgan fingerprint density at radius 3 is 2.47 bits per heavy atom. The lowest BCUT2D eigenvalue weighted by atomic mass is 10.3. The third-order valence-corrected chi connectivity index (χ3v) is 3.35. The smallest absolute Gasteiger partial charge is 0.132 e. The molecule has 0 saturated heterocycles. The van der Waals surface area contributed by atoms with Crippen LogP contribution in [0.4, 0.5) is 0 Å². The lowest BCUT2D eigenvalue weighted by Crippen LogP contribution is -1.99. The van der Waals surface area contributed by atoms with Crippen LogP contribution >= 0.6 is 45.8 Å². The van der Waals surface area contributed by atoms with Gasteiger partial charge in [0.15, 0.2) is 0 Å². The van der Waals surface area contributed by atoms with Crippen molar-refractivity contribution in [2.45, 2.75) is 6.61 Å². The number of rotatable bonds is 3. The molecule has 5 heteroatoms. The third kappa shape index (κ3) is 3.72. The Hall–Kier alpha value is -0.520. The van der Waals surface area contributed by atoms with E-state index in [1.54, 1.807) is 12.1 Å². The molecule has 0 radical (unpaired) electrons. The summed E-state index contributed by atoms with van der Waals surface area (Å²) in [5.41, 5.74) is 0.637. The Morgan fingerprint density at radius 1 is 1.06 bits per heavy atom. The molecule has 1 heterocycles. The first kappa shape index (κ1) is 12.9. The maximum absolute atomic E-state index is 5.99. The number of pyridine rings is 1. The van der Waals surface area contributed by atoms with Crippen LogP contribution in [-0.2, 0) is 6.61 Å². The molecule has 0 aliphatic heterocycles. The minimum atomic E-state index is 0.306. The van der Waals surface area contributed by atoms with E-state index in [2.05, 4.69) is 27.6 Å². The van der Waals surface area contributed by atoms with Crippen molar-refractivity contribution in [3.8, 4) is 5.75 Å². The van der Waals surface area contributed by atoms with Gasteiger partial charge in [-0.1, -0.05) is 23.2 Å². The first-order chi connectivity index (χ1) is 8.15. The number of hydrogen-bond acceptors (Lipinski definition) is 2. The predicted molar refractivity (Wildman–Crippen MR) is 77.7 cm³/mol. The second kappa shape index (κ2) is 5.89. The van der Waals surface area contributed by atoms with Crippen LogP contribution in [0.1, 0.15) is 5.69 Å². The third-order valence-electron chi connectivity index (χ3n) is 2.07. The minimum Gasteiger partial charge on any atom is -0.487 e. The van der Waals surface area contributed by atoms with Crippen molar-refractivity contribution in [2.24, 2.45) is 0 Å². The zero-order valence-electron chi connectivity index (χ0n) is 8.66. The van der Waals surface area contributed by atoms with Crippen LogP contribution in [0.15, 0.2) is 36.4 Å². The number of hydrogen-bond donors (Lipinski definition) is 0. The first-order valence-corrected chi connectivity index (χ1v) is 6.68. The Bertz CT molecular complexity index is 516. The van der Waals surface area contributed by atoms with Crippen molar-refractivity contribution in [3.05, 3.63) is 55.8 Å². The monoisotopic (exact) mass is 379 g/mol. The number of aromatic nitrogens is 1. The molecule has 0 fully saturated rings. The SMILES string of the molecule is Clc1ccc(Cl)c(COc2ccc(I)cc2)n1. The minimum absolute atomic E-state index is 0.306. The topological polar surface area (TPSA) is 22.1 Å². The summed E-state index contributed by atoms with van der Waals surface area (Å²) in [7, 11) is 0. The van der Waals surface area contributed by atoms with Crippen LogP contribution in [0.2, 0.25) is 10.2 Å². The predicted octanol–water partition coefficient (Wildman–Crippen LogP) is 4.57. The highest BCUT2D eigenvalue weighted by Crippen LogP contribution is 2.20. The highest BCUT2D eigenvalue weighted by Gasteiger charge is 2.04. The van der Waals surface area contributed by atoms with Gasteiger partial charge in [0.05, 0.1) is 10.7 Å². The summed E-state index contributed by atoms with van der Waals surface area (Å²) in [6.07, 6.45) is 0. The molecule has 0 spiro atoms. The second-order valence-corrected chi connectivity index (χ2v) is 5.35. The molecule has 0 N–H and O–H groups in total. The molecule has 1 aromatic carbocycles. The van der Waals surface area contributed by atoms with Crippen LogP contribution in [0.3, 0.4) is 0 Å². The largest absolute Gasteiger partial charge is 0.487 e. The number of halogens is 3. The average Bonchev–Trinajstić information content (AvgIpc) is 2.32. The van der Waals surface area contributed by atoms with Crippen molar-refractivity contribution in [3.63, 3.8) is 0 Å². The molecule has 0 unspecified atom stereocenters. The normalized spacial score (nSPS) is 10.3. The Kier molecular flexibility index (Phi) is 4.48. The molecule has 0 aliphatic carbocycles. The van der Waals surface area contributed by atoms with Crippen molar-refractivity contribution in [1.29, 1.82) is 0 Å². The zero-order valence-corrected chi connectivity index (χ0v) is 12.3. The fourth-order valence-corrected chi connectivity index (χ4v) is 1.93. The molecular weight excluding hydrogens is 372 g/mol. The van der Waals surface area contributed by atoms with Gasteiger partial charge in [0, 0.05) is 3.57 Å². The summed E-state index contributed by atoms with van der Waals surface area (Å²) in [5.74, 6) is 0.781. The van der Waals surface area contributed by atoms with Crippen molar-refractivity contribution < 1.29 is 4.74 Å². The van der Waals surface area contributed by atoms with Crippen LogP contribution in [0, 0.1) is 3.57 Å². The molecule has 2 rings (SSSR count). The lowest BCUT2D eigenvalue weighted by Gasteiger charge is -2.07. The van der Waals surface area contributed by atoms with E-state index in [4.69, 9.17) is 27.9 Å². The molecule has 0 amide bonds. The summed E-state index contributed by atoms with van der Waals surface area (Å²) < 4.78 is 6.73. The fraction of sp³-hybridized carbons (Fsp3) is 0.0833. The molecule has 2 nitrogen and oxygen atoms in total. The van der Waals surface area contributed by atoms with Crippen molar-refractivity contribution in [1.82, 2.24) is 4.98 Å². The fourth-order valence-electron chi connectivity index (χ4n) is 1.24. The Labute approximate surface area is 123 Å². The van der Waals surface area contributed by atoms with Crippen LogP contribution < -0.4 is 4.74 Å². The molecule has 0 saturated carbocycles. The van der Waals surface area contributed by atoms with E-state index in [0.717, 1.165) is 9.32 Å². The first-order valence-electron chi connectivity index (χ1n) is 4.84. The maximum Gasteiger partial charge on any atom is 0.132 e. The van der Waals surface area contributed by atoms with E-state index in [-0.39, 0.29) is 0 Å². The van der Waals surface area contributed by atoms with E-state index >= 15 is 0 Å². The molecule has 2 aromatic rings. The van der Waals surface area contributed by atoms with Gasteiger partial charge in [0.25, 0.3) is 0 Å². The Morgan fingerprint density at radius 2 is 1.76 bits per heavy atom. The van der Waals surface area contributed by atoms with E-state index in [0.29, 0.717) is 22.5 Å². The van der Waals surface area contributed by atoms with Gasteiger partial charge in [-0.05, 0) is 59.0 Å². The molecular formula is C12H8Cl2INO. The van der Waals surface area contributed by atoms with E-state index < -0.39 is 0 Å². The molecule has 0 atom stereocenters. The van der Waals surface area contributed by atoms with E-state index in [1.807, 2.05) is 24.3 Å². The van der Waals surface area contributed by atoms with Gasteiger partial charge in [-0.25, -0.2) is 4.98 Å². The van der Waals surface area contributed by atoms with Gasteiger partial charge in [0.1, 0.15) is 17.5 Å². The number of ether oxygens (including phenoxy) is 1.